The molecule has 0 unspecified atom stereocenters. The zero-order valence-corrected chi connectivity index (χ0v) is 14.4. The van der Waals surface area contributed by atoms with E-state index in [4.69, 9.17) is 8.83 Å². The first-order valence-corrected chi connectivity index (χ1v) is 8.34. The van der Waals surface area contributed by atoms with E-state index in [1.54, 1.807) is 42.5 Å². The number of benzene rings is 2. The maximum absolute atomic E-state index is 13.0. The van der Waals surface area contributed by atoms with Crippen LogP contribution in [-0.2, 0) is 0 Å². The predicted molar refractivity (Wildman–Crippen MR) is 97.8 cm³/mol. The lowest BCUT2D eigenvalue weighted by Crippen LogP contribution is -2.17. The third-order valence-corrected chi connectivity index (χ3v) is 4.40. The van der Waals surface area contributed by atoms with Gasteiger partial charge in [0, 0.05) is 10.0 Å². The van der Waals surface area contributed by atoms with Crippen molar-refractivity contribution in [1.29, 1.82) is 0 Å². The van der Waals surface area contributed by atoms with Crippen LogP contribution in [0.3, 0.4) is 0 Å². The van der Waals surface area contributed by atoms with Gasteiger partial charge in [0.2, 0.25) is 11.2 Å². The second-order valence-electron chi connectivity index (χ2n) is 5.44. The molecule has 0 aliphatic rings. The number of hydrogen-bond donors (Lipinski definition) is 0. The second kappa shape index (κ2) is 6.18. The molecule has 25 heavy (non-hydrogen) atoms. The molecule has 2 heterocycles. The van der Waals surface area contributed by atoms with Crippen LogP contribution < -0.4 is 5.43 Å². The minimum Gasteiger partial charge on any atom is -0.461 e. The molecule has 2 aromatic heterocycles. The number of hydrogen-bond acceptors (Lipinski definition) is 4. The van der Waals surface area contributed by atoms with Gasteiger partial charge in [-0.05, 0) is 36.4 Å². The fraction of sp³-hybridized carbons (Fsp3) is 0. The van der Waals surface area contributed by atoms with Crippen LogP contribution in [0.1, 0.15) is 16.1 Å². The van der Waals surface area contributed by atoms with Crippen molar-refractivity contribution in [3.63, 3.8) is 0 Å². The van der Waals surface area contributed by atoms with Crippen LogP contribution in [0.2, 0.25) is 0 Å². The zero-order valence-electron chi connectivity index (χ0n) is 12.9. The molecular weight excluding hydrogens is 384 g/mol. The van der Waals surface area contributed by atoms with Gasteiger partial charge in [-0.1, -0.05) is 40.2 Å². The number of fused-ring (bicyclic) bond motifs is 1. The second-order valence-corrected chi connectivity index (χ2v) is 6.36. The summed E-state index contributed by atoms with van der Waals surface area (Å²) in [6, 6.07) is 17.2. The van der Waals surface area contributed by atoms with Crippen LogP contribution in [0.15, 0.2) is 85.0 Å². The summed E-state index contributed by atoms with van der Waals surface area (Å²) in [5.41, 5.74) is 0.666. The molecule has 4 aromatic rings. The van der Waals surface area contributed by atoms with Crippen LogP contribution >= 0.6 is 15.9 Å². The van der Waals surface area contributed by atoms with Crippen molar-refractivity contribution < 1.29 is 13.6 Å². The largest absolute Gasteiger partial charge is 0.461 e. The molecule has 0 radical (unpaired) electrons. The molecular formula is C20H11BrO4. The number of ketones is 1. The highest BCUT2D eigenvalue weighted by Gasteiger charge is 2.24. The van der Waals surface area contributed by atoms with Crippen molar-refractivity contribution >= 4 is 32.7 Å². The number of furan rings is 1. The molecule has 2 aromatic carbocycles. The van der Waals surface area contributed by atoms with Gasteiger partial charge in [0.1, 0.15) is 16.9 Å². The Labute approximate surface area is 150 Å². The van der Waals surface area contributed by atoms with Crippen LogP contribution in [-0.4, -0.2) is 5.78 Å². The average molecular weight is 395 g/mol. The zero-order chi connectivity index (χ0) is 17.4. The highest BCUT2D eigenvalue weighted by molar-refractivity contribution is 9.10. The molecule has 0 spiro atoms. The Bertz CT molecular complexity index is 1120. The van der Waals surface area contributed by atoms with E-state index in [1.165, 1.54) is 12.3 Å². The molecule has 4 nitrogen and oxygen atoms in total. The minimum absolute atomic E-state index is 0.0315. The maximum Gasteiger partial charge on any atom is 0.235 e. The summed E-state index contributed by atoms with van der Waals surface area (Å²) in [5.74, 6) is -0.166. The number of para-hydroxylation sites is 1. The predicted octanol–water partition coefficient (Wildman–Crippen LogP) is 5.05. The summed E-state index contributed by atoms with van der Waals surface area (Å²) < 4.78 is 12.0. The molecule has 0 N–H and O–H groups in total. The highest BCUT2D eigenvalue weighted by atomic mass is 79.9. The molecule has 0 saturated carbocycles. The third kappa shape index (κ3) is 2.72. The Morgan fingerprint density at radius 3 is 2.40 bits per heavy atom. The highest BCUT2D eigenvalue weighted by Crippen LogP contribution is 2.28. The van der Waals surface area contributed by atoms with Gasteiger partial charge in [-0.3, -0.25) is 9.59 Å². The Morgan fingerprint density at radius 1 is 0.920 bits per heavy atom. The summed E-state index contributed by atoms with van der Waals surface area (Å²) in [6.45, 7) is 0. The monoisotopic (exact) mass is 394 g/mol. The molecule has 0 amide bonds. The maximum atomic E-state index is 13.0. The lowest BCUT2D eigenvalue weighted by molar-refractivity contribution is 0.101. The van der Waals surface area contributed by atoms with E-state index in [1.807, 2.05) is 12.1 Å². The van der Waals surface area contributed by atoms with E-state index >= 15 is 0 Å². The first-order chi connectivity index (χ1) is 12.1. The third-order valence-electron chi connectivity index (χ3n) is 3.88. The SMILES string of the molecule is O=C(c1ccco1)c1c(-c2ccc(Br)cc2)oc2ccccc2c1=O. The summed E-state index contributed by atoms with van der Waals surface area (Å²) in [6.07, 6.45) is 1.40. The molecule has 0 fully saturated rings. The first-order valence-electron chi connectivity index (χ1n) is 7.55. The number of rotatable bonds is 3. The van der Waals surface area contributed by atoms with Gasteiger partial charge in [0.05, 0.1) is 11.6 Å². The van der Waals surface area contributed by atoms with Crippen LogP contribution in [0.25, 0.3) is 22.3 Å². The van der Waals surface area contributed by atoms with Gasteiger partial charge in [-0.25, -0.2) is 0 Å². The van der Waals surface area contributed by atoms with Gasteiger partial charge in [-0.2, -0.15) is 0 Å². The van der Waals surface area contributed by atoms with Crippen molar-refractivity contribution in [2.45, 2.75) is 0 Å². The lowest BCUT2D eigenvalue weighted by atomic mass is 10.0. The molecule has 0 saturated heterocycles. The molecule has 0 aliphatic carbocycles. The van der Waals surface area contributed by atoms with Crippen LogP contribution in [0.4, 0.5) is 0 Å². The molecule has 0 atom stereocenters. The Kier molecular flexibility index (Phi) is 3.86. The Balaban J connectivity index is 2.06. The van der Waals surface area contributed by atoms with Crippen LogP contribution in [0, 0.1) is 0 Å². The molecule has 0 aliphatic heterocycles. The van der Waals surface area contributed by atoms with Crippen molar-refractivity contribution in [2.24, 2.45) is 0 Å². The summed E-state index contributed by atoms with van der Waals surface area (Å²) >= 11 is 3.38. The van der Waals surface area contributed by atoms with Gasteiger partial charge < -0.3 is 8.83 Å². The van der Waals surface area contributed by atoms with E-state index in [-0.39, 0.29) is 22.5 Å². The number of carbonyl (C=O) groups is 1. The van der Waals surface area contributed by atoms with E-state index in [2.05, 4.69) is 15.9 Å². The fourth-order valence-corrected chi connectivity index (χ4v) is 2.95. The molecule has 5 heteroatoms. The Hall–Kier alpha value is -2.92. The van der Waals surface area contributed by atoms with E-state index < -0.39 is 5.78 Å². The van der Waals surface area contributed by atoms with Gasteiger partial charge >= 0.3 is 0 Å². The quantitative estimate of drug-likeness (QED) is 0.456. The average Bonchev–Trinajstić information content (AvgIpc) is 3.16. The number of halogens is 1. The van der Waals surface area contributed by atoms with Crippen molar-refractivity contribution in [3.8, 4) is 11.3 Å². The van der Waals surface area contributed by atoms with Crippen molar-refractivity contribution in [2.75, 3.05) is 0 Å². The van der Waals surface area contributed by atoms with Gasteiger partial charge in [0.25, 0.3) is 0 Å². The smallest absolute Gasteiger partial charge is 0.235 e. The van der Waals surface area contributed by atoms with E-state index in [0.717, 1.165) is 4.47 Å². The van der Waals surface area contributed by atoms with E-state index in [0.29, 0.717) is 16.5 Å². The normalized spacial score (nSPS) is 10.9. The van der Waals surface area contributed by atoms with Gasteiger partial charge in [-0.15, -0.1) is 0 Å². The lowest BCUT2D eigenvalue weighted by Gasteiger charge is -2.09. The molecule has 122 valence electrons. The molecule has 0 bridgehead atoms. The first kappa shape index (κ1) is 15.6. The summed E-state index contributed by atoms with van der Waals surface area (Å²) in [7, 11) is 0. The van der Waals surface area contributed by atoms with Crippen LogP contribution in [0.5, 0.6) is 0 Å². The van der Waals surface area contributed by atoms with Gasteiger partial charge in [0.15, 0.2) is 5.76 Å². The number of carbonyl (C=O) groups excluding carboxylic acids is 1. The standard InChI is InChI=1S/C20H11BrO4/c21-13-9-7-12(8-10-13)20-17(19(23)16-6-3-11-24-16)18(22)14-4-1-2-5-15(14)25-20/h1-11H. The molecule has 4 rings (SSSR count). The summed E-state index contributed by atoms with van der Waals surface area (Å²) in [4.78, 5) is 25.9. The summed E-state index contributed by atoms with van der Waals surface area (Å²) in [5, 5.41) is 0.360. The topological polar surface area (TPSA) is 60.4 Å². The van der Waals surface area contributed by atoms with Crippen molar-refractivity contribution in [1.82, 2.24) is 0 Å². The fourth-order valence-electron chi connectivity index (χ4n) is 2.68. The van der Waals surface area contributed by atoms with Crippen molar-refractivity contribution in [3.05, 3.63) is 92.9 Å². The van der Waals surface area contributed by atoms with E-state index in [9.17, 15) is 9.59 Å². The minimum atomic E-state index is -0.498. The Morgan fingerprint density at radius 2 is 1.68 bits per heavy atom.